The molecule has 0 spiro atoms. The van der Waals surface area contributed by atoms with Crippen LogP contribution < -0.4 is 15.4 Å². The number of nitrogens with zero attached hydrogens (tertiary/aromatic N) is 1. The Morgan fingerprint density at radius 3 is 2.56 bits per heavy atom. The zero-order chi connectivity index (χ0) is 27.4. The van der Waals surface area contributed by atoms with Gasteiger partial charge in [-0.2, -0.15) is 0 Å². The number of nitrogens with one attached hydrogen (secondary N) is 2. The first-order valence-corrected chi connectivity index (χ1v) is 13.7. The van der Waals surface area contributed by atoms with Crippen molar-refractivity contribution in [3.63, 3.8) is 0 Å². The number of hydrogen-bond donors (Lipinski definition) is 2. The molecule has 2 saturated heterocycles. The van der Waals surface area contributed by atoms with Crippen LogP contribution in [0.5, 0.6) is 5.75 Å². The predicted molar refractivity (Wildman–Crippen MR) is 143 cm³/mol. The molecule has 3 heterocycles. The van der Waals surface area contributed by atoms with Crippen molar-refractivity contribution >= 4 is 23.6 Å². The van der Waals surface area contributed by atoms with Crippen molar-refractivity contribution in [2.45, 2.75) is 63.5 Å². The van der Waals surface area contributed by atoms with Crippen LogP contribution in [0.1, 0.15) is 77.3 Å². The maximum absolute atomic E-state index is 12.8. The van der Waals surface area contributed by atoms with Crippen LogP contribution in [0.25, 0.3) is 0 Å². The fourth-order valence-corrected chi connectivity index (χ4v) is 5.31. The molecule has 3 aliphatic rings. The summed E-state index contributed by atoms with van der Waals surface area (Å²) in [4.78, 5) is 50.4. The van der Waals surface area contributed by atoms with Crippen LogP contribution >= 0.6 is 0 Å². The summed E-state index contributed by atoms with van der Waals surface area (Å²) in [5, 5.41) is 5.31. The van der Waals surface area contributed by atoms with Crippen LogP contribution in [0.3, 0.4) is 0 Å². The highest BCUT2D eigenvalue weighted by Crippen LogP contribution is 2.32. The molecule has 0 bridgehead atoms. The van der Waals surface area contributed by atoms with Crippen molar-refractivity contribution in [3.8, 4) is 5.75 Å². The molecule has 4 amide bonds. The Balaban J connectivity index is 0.975. The first kappa shape index (κ1) is 26.9. The third-order valence-corrected chi connectivity index (χ3v) is 7.81. The highest BCUT2D eigenvalue weighted by Gasteiger charge is 2.39. The number of ether oxygens (including phenoxy) is 2. The van der Waals surface area contributed by atoms with Crippen molar-refractivity contribution in [3.05, 3.63) is 64.7 Å². The Morgan fingerprint density at radius 1 is 1.08 bits per heavy atom. The smallest absolute Gasteiger partial charge is 0.255 e. The Hall–Kier alpha value is -3.72. The van der Waals surface area contributed by atoms with Crippen molar-refractivity contribution in [2.75, 3.05) is 26.4 Å². The van der Waals surface area contributed by atoms with Gasteiger partial charge in [0, 0.05) is 36.1 Å². The molecule has 39 heavy (non-hydrogen) atoms. The average Bonchev–Trinajstić information content (AvgIpc) is 3.24. The molecule has 3 aliphatic heterocycles. The van der Waals surface area contributed by atoms with E-state index in [4.69, 9.17) is 9.47 Å². The van der Waals surface area contributed by atoms with Gasteiger partial charge in [-0.15, -0.1) is 0 Å². The summed E-state index contributed by atoms with van der Waals surface area (Å²) >= 11 is 0. The predicted octanol–water partition coefficient (Wildman–Crippen LogP) is 3.10. The fraction of sp³-hybridized carbons (Fsp3) is 0.467. The molecule has 5 rings (SSSR count). The lowest BCUT2D eigenvalue weighted by atomic mass is 9.80. The first-order chi connectivity index (χ1) is 18.8. The average molecular weight is 534 g/mol. The number of benzene rings is 2. The zero-order valence-corrected chi connectivity index (χ0v) is 22.3. The van der Waals surface area contributed by atoms with Crippen molar-refractivity contribution in [1.82, 2.24) is 15.5 Å². The number of fused-ring (bicyclic) bond motifs is 1. The normalized spacial score (nSPS) is 19.8. The van der Waals surface area contributed by atoms with Crippen LogP contribution in [-0.2, 0) is 26.3 Å². The SMILES string of the molecule is CC1(c2ccc(C(=O)NCCCCCCOc3ccc4c(c3)CN(C3CCC(=O)NC3=O)C4=O)cc2)COC1. The van der Waals surface area contributed by atoms with E-state index in [2.05, 4.69) is 17.6 Å². The van der Waals surface area contributed by atoms with Crippen molar-refractivity contribution < 1.29 is 28.7 Å². The molecule has 0 aromatic heterocycles. The minimum absolute atomic E-state index is 0.0499. The second-order valence-electron chi connectivity index (χ2n) is 10.9. The zero-order valence-electron chi connectivity index (χ0n) is 22.3. The lowest BCUT2D eigenvalue weighted by molar-refractivity contribution is -0.136. The van der Waals surface area contributed by atoms with E-state index in [-0.39, 0.29) is 29.6 Å². The van der Waals surface area contributed by atoms with Gasteiger partial charge in [-0.3, -0.25) is 24.5 Å². The quantitative estimate of drug-likeness (QED) is 0.339. The van der Waals surface area contributed by atoms with E-state index in [1.807, 2.05) is 30.3 Å². The number of carbonyl (C=O) groups is 4. The summed E-state index contributed by atoms with van der Waals surface area (Å²) < 4.78 is 11.2. The van der Waals surface area contributed by atoms with Gasteiger partial charge in [0.25, 0.3) is 11.8 Å². The minimum Gasteiger partial charge on any atom is -0.494 e. The third-order valence-electron chi connectivity index (χ3n) is 7.81. The summed E-state index contributed by atoms with van der Waals surface area (Å²) in [6, 6.07) is 12.6. The molecule has 2 aromatic rings. The largest absolute Gasteiger partial charge is 0.494 e. The molecular weight excluding hydrogens is 498 g/mol. The highest BCUT2D eigenvalue weighted by atomic mass is 16.5. The van der Waals surface area contributed by atoms with Gasteiger partial charge in [-0.05, 0) is 60.7 Å². The summed E-state index contributed by atoms with van der Waals surface area (Å²) in [5.41, 5.74) is 3.35. The van der Waals surface area contributed by atoms with Crippen LogP contribution in [-0.4, -0.2) is 60.9 Å². The summed E-state index contributed by atoms with van der Waals surface area (Å²) in [6.45, 7) is 5.15. The molecule has 1 atom stereocenters. The second-order valence-corrected chi connectivity index (χ2v) is 10.9. The van der Waals surface area contributed by atoms with Gasteiger partial charge in [0.1, 0.15) is 11.8 Å². The molecule has 2 aromatic carbocycles. The van der Waals surface area contributed by atoms with E-state index in [0.29, 0.717) is 43.0 Å². The molecule has 0 saturated carbocycles. The number of amides is 4. The standard InChI is InChI=1S/C30H35N3O6/c1-30(18-38-19-30)22-8-6-20(7-9-22)27(35)31-14-4-2-3-5-15-39-23-10-11-24-21(16-23)17-33(29(24)37)25-12-13-26(34)32-28(25)36/h6-11,16,25H,2-5,12-15,17-19H2,1H3,(H,31,35)(H,32,34,36). The Morgan fingerprint density at radius 2 is 1.85 bits per heavy atom. The minimum atomic E-state index is -0.617. The molecule has 0 radical (unpaired) electrons. The number of imide groups is 1. The molecule has 206 valence electrons. The van der Waals surface area contributed by atoms with E-state index >= 15 is 0 Å². The van der Waals surface area contributed by atoms with Gasteiger partial charge in [-0.1, -0.05) is 31.9 Å². The maximum atomic E-state index is 12.8. The van der Waals surface area contributed by atoms with Crippen molar-refractivity contribution in [2.24, 2.45) is 0 Å². The lowest BCUT2D eigenvalue weighted by Crippen LogP contribution is -2.52. The van der Waals surface area contributed by atoms with E-state index in [9.17, 15) is 19.2 Å². The fourth-order valence-electron chi connectivity index (χ4n) is 5.31. The first-order valence-electron chi connectivity index (χ1n) is 13.7. The highest BCUT2D eigenvalue weighted by molar-refractivity contribution is 6.05. The molecule has 1 unspecified atom stereocenters. The van der Waals surface area contributed by atoms with Gasteiger partial charge >= 0.3 is 0 Å². The monoisotopic (exact) mass is 533 g/mol. The van der Waals surface area contributed by atoms with E-state index in [0.717, 1.165) is 44.5 Å². The van der Waals surface area contributed by atoms with Gasteiger partial charge in [0.05, 0.1) is 19.8 Å². The van der Waals surface area contributed by atoms with E-state index < -0.39 is 11.9 Å². The topological polar surface area (TPSA) is 114 Å². The van der Waals surface area contributed by atoms with Crippen molar-refractivity contribution in [1.29, 1.82) is 0 Å². The summed E-state index contributed by atoms with van der Waals surface area (Å²) in [7, 11) is 0. The lowest BCUT2D eigenvalue weighted by Gasteiger charge is -2.38. The number of rotatable bonds is 11. The molecular formula is C30H35N3O6. The number of piperidine rings is 1. The van der Waals surface area contributed by atoms with Crippen LogP contribution in [0, 0.1) is 0 Å². The van der Waals surface area contributed by atoms with Crippen LogP contribution in [0.15, 0.2) is 42.5 Å². The van der Waals surface area contributed by atoms with Gasteiger partial charge in [0.2, 0.25) is 11.8 Å². The maximum Gasteiger partial charge on any atom is 0.255 e. The molecule has 2 N–H and O–H groups in total. The van der Waals surface area contributed by atoms with E-state index in [1.165, 1.54) is 10.5 Å². The van der Waals surface area contributed by atoms with Crippen LogP contribution in [0.2, 0.25) is 0 Å². The molecule has 9 nitrogen and oxygen atoms in total. The molecule has 9 heteroatoms. The third kappa shape index (κ3) is 5.98. The second kappa shape index (κ2) is 11.6. The molecule has 0 aliphatic carbocycles. The number of hydrogen-bond acceptors (Lipinski definition) is 6. The van der Waals surface area contributed by atoms with Gasteiger partial charge in [-0.25, -0.2) is 0 Å². The van der Waals surface area contributed by atoms with Gasteiger partial charge < -0.3 is 19.7 Å². The Bertz CT molecular complexity index is 1250. The Kier molecular flexibility index (Phi) is 7.97. The summed E-state index contributed by atoms with van der Waals surface area (Å²) in [5.74, 6) is -0.244. The van der Waals surface area contributed by atoms with E-state index in [1.54, 1.807) is 12.1 Å². The number of carbonyl (C=O) groups excluding carboxylic acids is 4. The molecule has 2 fully saturated rings. The Labute approximate surface area is 228 Å². The summed E-state index contributed by atoms with van der Waals surface area (Å²) in [6.07, 6.45) is 4.34. The number of unbranched alkanes of at least 4 members (excludes halogenated alkanes) is 3. The van der Waals surface area contributed by atoms with Crippen LogP contribution in [0.4, 0.5) is 0 Å². The van der Waals surface area contributed by atoms with Gasteiger partial charge in [0.15, 0.2) is 0 Å².